The third-order valence-electron chi connectivity index (χ3n) is 20.5. The van der Waals surface area contributed by atoms with Crippen LogP contribution in [0.2, 0.25) is 0 Å². The van der Waals surface area contributed by atoms with Crippen LogP contribution in [0.5, 0.6) is 0 Å². The summed E-state index contributed by atoms with van der Waals surface area (Å²) in [6.07, 6.45) is 33.6. The number of fused-ring (bicyclic) bond motifs is 13. The van der Waals surface area contributed by atoms with Gasteiger partial charge in [-0.15, -0.1) is 0 Å². The van der Waals surface area contributed by atoms with Gasteiger partial charge in [0.25, 0.3) is 0 Å². The van der Waals surface area contributed by atoms with Gasteiger partial charge in [0.2, 0.25) is 0 Å². The highest BCUT2D eigenvalue weighted by Gasteiger charge is 2.50. The number of para-hydroxylation sites is 2. The smallest absolute Gasteiger partial charge is 0.171 e. The fourth-order valence-electron chi connectivity index (χ4n) is 16.6. The molecule has 1 fully saturated rings. The average Bonchev–Trinajstić information content (AvgIpc) is 1.51. The molecule has 0 spiro atoms. The third kappa shape index (κ3) is 8.58. The molecule has 8 nitrogen and oxygen atoms in total. The first-order valence-electron chi connectivity index (χ1n) is 31.9. The van der Waals surface area contributed by atoms with Gasteiger partial charge in [-0.25, -0.2) is 9.98 Å². The number of amidine groups is 2. The molecule has 428 valence electrons. The Balaban J connectivity index is 0.952. The van der Waals surface area contributed by atoms with Crippen LogP contribution in [0.1, 0.15) is 105 Å². The van der Waals surface area contributed by atoms with Crippen molar-refractivity contribution in [2.24, 2.45) is 27.7 Å². The van der Waals surface area contributed by atoms with Crippen LogP contribution in [-0.4, -0.2) is 39.3 Å². The lowest BCUT2D eigenvalue weighted by atomic mass is 9.71. The number of benzene rings is 7. The van der Waals surface area contributed by atoms with Gasteiger partial charge in [-0.3, -0.25) is 16.0 Å². The van der Waals surface area contributed by atoms with Crippen LogP contribution in [0.15, 0.2) is 246 Å². The van der Waals surface area contributed by atoms with Gasteiger partial charge in [0.15, 0.2) is 6.17 Å². The lowest BCUT2D eigenvalue weighted by Gasteiger charge is -2.43. The van der Waals surface area contributed by atoms with Crippen molar-refractivity contribution in [3.05, 3.63) is 274 Å². The van der Waals surface area contributed by atoms with Crippen LogP contribution in [-0.2, 0) is 5.41 Å². The van der Waals surface area contributed by atoms with Gasteiger partial charge in [0, 0.05) is 67.0 Å². The molecule has 9 aromatic rings. The Morgan fingerprint density at radius 3 is 2.11 bits per heavy atom. The summed E-state index contributed by atoms with van der Waals surface area (Å²) in [5, 5.41) is 24.2. The maximum atomic E-state index is 5.99. The van der Waals surface area contributed by atoms with Crippen molar-refractivity contribution in [1.82, 2.24) is 30.4 Å². The van der Waals surface area contributed by atoms with E-state index in [2.05, 4.69) is 275 Å². The van der Waals surface area contributed by atoms with E-state index in [4.69, 9.17) is 9.98 Å². The number of aromatic nitrogens is 2. The molecule has 0 saturated carbocycles. The minimum absolute atomic E-state index is 0.0155. The van der Waals surface area contributed by atoms with Crippen molar-refractivity contribution >= 4 is 78.3 Å². The molecule has 8 heteroatoms. The van der Waals surface area contributed by atoms with E-state index in [1.165, 1.54) is 93.1 Å². The maximum absolute atomic E-state index is 5.99. The molecular formula is C79H72N8. The van der Waals surface area contributed by atoms with Crippen molar-refractivity contribution in [2.75, 3.05) is 0 Å². The summed E-state index contributed by atoms with van der Waals surface area (Å²) in [6, 6.07) is 60.3. The number of rotatable bonds is 9. The number of hydrogen-bond donors (Lipinski definition) is 4. The second-order valence-corrected chi connectivity index (χ2v) is 25.7. The number of nitrogens with zero attached hydrogens (tertiary/aromatic N) is 4. The summed E-state index contributed by atoms with van der Waals surface area (Å²) in [5.41, 5.74) is 17.6. The van der Waals surface area contributed by atoms with Gasteiger partial charge in [-0.05, 0) is 113 Å². The molecule has 8 unspecified atom stereocenters. The number of nitrogens with one attached hydrogen (secondary N) is 4. The molecule has 8 atom stereocenters. The standard InChI is InChI=1S/C79H72N8/c1-79(2)62-42-22-19-39-58(62)67-70(79)68-59-40-20-23-43-64(59)87(72(68)69-60-41-21-24-44-65(60)86(71(67)69)63-45-25-35-50-28-15-16-37-56(50)63)66-47-46-54(76-81-73(51-29-9-4-10-30-51)80-74(82-76)52-31-11-5-12-32-52)48-61(66)78-84-75(53-33-13-6-14-34-53)83-77(85-78)57-38-18-17-36-55(57)49-26-7-3-8-27-49/h3-4,6-11,13-21,23-24,26-37,39-41,43-44,47-48,54,57-58,62,73-74,76,78,80-82H,5,12,22,25,38,42,45-46H2,1-2H3,(H,83,84,85). The molecule has 8 aliphatic rings. The Labute approximate surface area is 508 Å². The van der Waals surface area contributed by atoms with Crippen molar-refractivity contribution in [3.8, 4) is 0 Å². The van der Waals surface area contributed by atoms with Crippen molar-refractivity contribution < 1.29 is 0 Å². The monoisotopic (exact) mass is 1130 g/mol. The molecule has 4 heterocycles. The second-order valence-electron chi connectivity index (χ2n) is 25.7. The van der Waals surface area contributed by atoms with E-state index in [1.807, 2.05) is 0 Å². The molecule has 17 rings (SSSR count). The Hall–Kier alpha value is -8.92. The zero-order valence-electron chi connectivity index (χ0n) is 49.5. The average molecular weight is 1130 g/mol. The number of aliphatic imine (C=N–C) groups is 2. The Morgan fingerprint density at radius 2 is 1.31 bits per heavy atom. The van der Waals surface area contributed by atoms with Crippen molar-refractivity contribution in [1.29, 1.82) is 0 Å². The van der Waals surface area contributed by atoms with E-state index < -0.39 is 6.17 Å². The Morgan fingerprint density at radius 1 is 0.586 bits per heavy atom. The molecule has 4 N–H and O–H groups in total. The molecule has 0 bridgehead atoms. The van der Waals surface area contributed by atoms with Crippen LogP contribution >= 0.6 is 0 Å². The lowest BCUT2D eigenvalue weighted by Crippen LogP contribution is -2.65. The maximum Gasteiger partial charge on any atom is 0.171 e. The van der Waals surface area contributed by atoms with E-state index in [0.29, 0.717) is 5.92 Å². The quantitative estimate of drug-likeness (QED) is 0.109. The van der Waals surface area contributed by atoms with Gasteiger partial charge in [0.05, 0.1) is 40.6 Å². The summed E-state index contributed by atoms with van der Waals surface area (Å²) in [6.45, 7) is 5.15. The van der Waals surface area contributed by atoms with Crippen LogP contribution < -0.4 is 31.7 Å². The highest BCUT2D eigenvalue weighted by Crippen LogP contribution is 2.61. The number of hydrogen-bond acceptors (Lipinski definition) is 6. The summed E-state index contributed by atoms with van der Waals surface area (Å²) in [4.78, 5) is 11.9. The van der Waals surface area contributed by atoms with Gasteiger partial charge in [-0.1, -0.05) is 232 Å². The topological polar surface area (TPSA) is 82.7 Å². The van der Waals surface area contributed by atoms with E-state index in [1.54, 1.807) is 0 Å². The van der Waals surface area contributed by atoms with E-state index >= 15 is 0 Å². The first kappa shape index (κ1) is 52.4. The summed E-state index contributed by atoms with van der Waals surface area (Å²) in [7, 11) is 0. The molecular weight excluding hydrogens is 1060 g/mol. The Kier molecular flexibility index (Phi) is 12.8. The largest absolute Gasteiger partial charge is 0.328 e. The van der Waals surface area contributed by atoms with E-state index in [0.717, 1.165) is 79.9 Å². The molecule has 0 radical (unpaired) electrons. The fraction of sp³-hybridized carbons (Fsp3) is 0.241. The zero-order chi connectivity index (χ0) is 57.7. The van der Waals surface area contributed by atoms with E-state index in [-0.39, 0.29) is 41.7 Å². The molecule has 2 aliphatic heterocycles. The van der Waals surface area contributed by atoms with Gasteiger partial charge in [0.1, 0.15) is 11.7 Å². The van der Waals surface area contributed by atoms with Gasteiger partial charge >= 0.3 is 0 Å². The predicted molar refractivity (Wildman–Crippen MR) is 360 cm³/mol. The van der Waals surface area contributed by atoms with Gasteiger partial charge in [-0.2, -0.15) is 0 Å². The minimum atomic E-state index is -0.600. The fourth-order valence-corrected chi connectivity index (χ4v) is 16.6. The molecule has 7 aromatic carbocycles. The second kappa shape index (κ2) is 21.2. The Bertz CT molecular complexity index is 4710. The lowest BCUT2D eigenvalue weighted by molar-refractivity contribution is 0.187. The highest BCUT2D eigenvalue weighted by molar-refractivity contribution is 6.29. The molecule has 87 heavy (non-hydrogen) atoms. The first-order valence-corrected chi connectivity index (χ1v) is 31.9. The number of allylic oxidation sites excluding steroid dienone is 8. The van der Waals surface area contributed by atoms with Crippen LogP contribution in [0, 0.1) is 17.8 Å². The zero-order valence-corrected chi connectivity index (χ0v) is 49.5. The molecule has 0 amide bonds. The van der Waals surface area contributed by atoms with Crippen LogP contribution in [0.4, 0.5) is 0 Å². The summed E-state index contributed by atoms with van der Waals surface area (Å²) < 4.78 is 5.46. The normalized spacial score (nSPS) is 25.6. The molecule has 2 aromatic heterocycles. The molecule has 6 aliphatic carbocycles. The minimum Gasteiger partial charge on any atom is -0.328 e. The SMILES string of the molecule is CC1(C)c2c(c3c(c4ccccc4n3C3=c4ccccc4=CCC3)c3c2c2ccccc2n3C2=CCC(C3NC(C4=CCCC=C4)NC(c4ccccc4)N3)C=C2C2N=C(c3ccccc3)NC(C3CC=CC=C3c3ccccc3)=N2)C2C=CCCC21. The summed E-state index contributed by atoms with van der Waals surface area (Å²) >= 11 is 0. The summed E-state index contributed by atoms with van der Waals surface area (Å²) in [5.74, 6) is 2.48. The molecule has 1 saturated heterocycles. The van der Waals surface area contributed by atoms with Crippen molar-refractivity contribution in [3.63, 3.8) is 0 Å². The van der Waals surface area contributed by atoms with Crippen LogP contribution in [0.3, 0.4) is 0 Å². The van der Waals surface area contributed by atoms with E-state index in [9.17, 15) is 0 Å². The van der Waals surface area contributed by atoms with Crippen molar-refractivity contribution in [2.45, 2.75) is 101 Å². The van der Waals surface area contributed by atoms with Crippen LogP contribution in [0.25, 0.3) is 66.7 Å². The predicted octanol–water partition coefficient (Wildman–Crippen LogP) is 15.1. The first-order chi connectivity index (χ1) is 42.9. The highest BCUT2D eigenvalue weighted by atomic mass is 15.4. The van der Waals surface area contributed by atoms with Gasteiger partial charge < -0.3 is 14.5 Å². The third-order valence-corrected chi connectivity index (χ3v) is 20.5.